The molecule has 0 amide bonds. The van der Waals surface area contributed by atoms with Crippen molar-refractivity contribution in [2.45, 2.75) is 45.4 Å². The summed E-state index contributed by atoms with van der Waals surface area (Å²) in [7, 11) is 0. The lowest BCUT2D eigenvalue weighted by Crippen LogP contribution is -2.01. The number of Topliss-reactive ketones (excluding diaryl/α,β-unsaturated/α-hetero) is 1. The Kier molecular flexibility index (Phi) is 6.31. The minimum absolute atomic E-state index is 0.247. The molecule has 0 radical (unpaired) electrons. The van der Waals surface area contributed by atoms with Crippen LogP contribution >= 0.6 is 0 Å². The molecule has 0 aromatic heterocycles. The standard InChI is InChI=1S/C16H22O/c1-3-5-6-7-8-13-16(17)15-12-10-9-11-14(15)4-2/h4,9-12H,2-3,5-8,13H2,1H3. The van der Waals surface area contributed by atoms with E-state index in [4.69, 9.17) is 0 Å². The van der Waals surface area contributed by atoms with E-state index in [1.54, 1.807) is 6.08 Å². The van der Waals surface area contributed by atoms with Crippen molar-refractivity contribution in [3.63, 3.8) is 0 Å². The van der Waals surface area contributed by atoms with Crippen molar-refractivity contribution in [1.29, 1.82) is 0 Å². The van der Waals surface area contributed by atoms with Gasteiger partial charge >= 0.3 is 0 Å². The minimum Gasteiger partial charge on any atom is -0.294 e. The molecule has 0 saturated heterocycles. The summed E-state index contributed by atoms with van der Waals surface area (Å²) in [6.45, 7) is 5.94. The molecule has 0 heterocycles. The lowest BCUT2D eigenvalue weighted by Gasteiger charge is -2.04. The fraction of sp³-hybridized carbons (Fsp3) is 0.438. The molecule has 0 aliphatic heterocycles. The normalized spacial score (nSPS) is 10.2. The van der Waals surface area contributed by atoms with Gasteiger partial charge in [-0.1, -0.05) is 69.5 Å². The Morgan fingerprint density at radius 3 is 2.59 bits per heavy atom. The molecule has 1 aromatic rings. The molecule has 92 valence electrons. The first-order valence-corrected chi connectivity index (χ1v) is 6.54. The molecule has 1 aromatic carbocycles. The second kappa shape index (κ2) is 7.83. The van der Waals surface area contributed by atoms with Crippen molar-refractivity contribution >= 4 is 11.9 Å². The number of hydrogen-bond acceptors (Lipinski definition) is 1. The van der Waals surface area contributed by atoms with Crippen LogP contribution in [0.5, 0.6) is 0 Å². The first-order valence-electron chi connectivity index (χ1n) is 6.54. The van der Waals surface area contributed by atoms with E-state index in [1.807, 2.05) is 24.3 Å². The van der Waals surface area contributed by atoms with E-state index in [-0.39, 0.29) is 5.78 Å². The number of unbranched alkanes of at least 4 members (excludes halogenated alkanes) is 4. The molecule has 0 fully saturated rings. The van der Waals surface area contributed by atoms with Crippen molar-refractivity contribution in [3.8, 4) is 0 Å². The Morgan fingerprint density at radius 1 is 1.18 bits per heavy atom. The van der Waals surface area contributed by atoms with Gasteiger partial charge in [-0.05, 0) is 12.0 Å². The maximum atomic E-state index is 12.0. The topological polar surface area (TPSA) is 17.1 Å². The van der Waals surface area contributed by atoms with Gasteiger partial charge in [0.2, 0.25) is 0 Å². The van der Waals surface area contributed by atoms with Gasteiger partial charge in [0.15, 0.2) is 5.78 Å². The molecular weight excluding hydrogens is 208 g/mol. The van der Waals surface area contributed by atoms with Crippen LogP contribution in [-0.2, 0) is 0 Å². The van der Waals surface area contributed by atoms with Crippen LogP contribution in [0.3, 0.4) is 0 Å². The van der Waals surface area contributed by atoms with Crippen molar-refractivity contribution in [3.05, 3.63) is 42.0 Å². The maximum Gasteiger partial charge on any atom is 0.163 e. The fourth-order valence-corrected chi connectivity index (χ4v) is 1.95. The summed E-state index contributed by atoms with van der Waals surface area (Å²) in [4.78, 5) is 12.0. The number of carbonyl (C=O) groups is 1. The summed E-state index contributed by atoms with van der Waals surface area (Å²) in [5, 5.41) is 0. The van der Waals surface area contributed by atoms with E-state index >= 15 is 0 Å². The van der Waals surface area contributed by atoms with Crippen LogP contribution in [-0.4, -0.2) is 5.78 Å². The van der Waals surface area contributed by atoms with Crippen LogP contribution in [0.15, 0.2) is 30.8 Å². The van der Waals surface area contributed by atoms with Gasteiger partial charge in [-0.15, -0.1) is 0 Å². The zero-order valence-corrected chi connectivity index (χ0v) is 10.7. The Bertz CT molecular complexity index is 366. The van der Waals surface area contributed by atoms with Gasteiger partial charge in [0, 0.05) is 12.0 Å². The number of carbonyl (C=O) groups excluding carboxylic acids is 1. The Hall–Kier alpha value is -1.37. The minimum atomic E-state index is 0.247. The zero-order chi connectivity index (χ0) is 12.5. The van der Waals surface area contributed by atoms with Gasteiger partial charge in [-0.25, -0.2) is 0 Å². The van der Waals surface area contributed by atoms with Crippen molar-refractivity contribution in [1.82, 2.24) is 0 Å². The Morgan fingerprint density at radius 2 is 1.88 bits per heavy atom. The predicted molar refractivity (Wildman–Crippen MR) is 74.2 cm³/mol. The van der Waals surface area contributed by atoms with Gasteiger partial charge in [0.25, 0.3) is 0 Å². The molecule has 17 heavy (non-hydrogen) atoms. The number of hydrogen-bond donors (Lipinski definition) is 0. The quantitative estimate of drug-likeness (QED) is 0.460. The van der Waals surface area contributed by atoms with Gasteiger partial charge < -0.3 is 0 Å². The van der Waals surface area contributed by atoms with Crippen molar-refractivity contribution in [2.75, 3.05) is 0 Å². The average molecular weight is 230 g/mol. The highest BCUT2D eigenvalue weighted by atomic mass is 16.1. The monoisotopic (exact) mass is 230 g/mol. The highest BCUT2D eigenvalue weighted by Crippen LogP contribution is 2.15. The molecular formula is C16H22O. The van der Waals surface area contributed by atoms with E-state index < -0.39 is 0 Å². The van der Waals surface area contributed by atoms with Crippen LogP contribution < -0.4 is 0 Å². The molecule has 0 atom stereocenters. The number of benzene rings is 1. The third-order valence-corrected chi connectivity index (χ3v) is 2.99. The zero-order valence-electron chi connectivity index (χ0n) is 10.7. The maximum absolute atomic E-state index is 12.0. The summed E-state index contributed by atoms with van der Waals surface area (Å²) in [6.07, 6.45) is 8.34. The summed E-state index contributed by atoms with van der Waals surface area (Å²) in [6, 6.07) is 7.69. The van der Waals surface area contributed by atoms with E-state index in [9.17, 15) is 4.79 Å². The Labute approximate surface area is 105 Å². The molecule has 0 aliphatic carbocycles. The molecule has 1 nitrogen and oxygen atoms in total. The van der Waals surface area contributed by atoms with Crippen LogP contribution in [0.4, 0.5) is 0 Å². The van der Waals surface area contributed by atoms with Crippen LogP contribution in [0.25, 0.3) is 6.08 Å². The highest BCUT2D eigenvalue weighted by Gasteiger charge is 2.08. The van der Waals surface area contributed by atoms with Crippen LogP contribution in [0.1, 0.15) is 61.4 Å². The molecule has 0 bridgehead atoms. The second-order valence-corrected chi connectivity index (χ2v) is 4.38. The smallest absolute Gasteiger partial charge is 0.163 e. The van der Waals surface area contributed by atoms with Crippen LogP contribution in [0, 0.1) is 0 Å². The van der Waals surface area contributed by atoms with Crippen molar-refractivity contribution in [2.24, 2.45) is 0 Å². The molecule has 1 heteroatoms. The fourth-order valence-electron chi connectivity index (χ4n) is 1.95. The lowest BCUT2D eigenvalue weighted by molar-refractivity contribution is 0.0979. The average Bonchev–Trinajstić information content (AvgIpc) is 2.38. The van der Waals surface area contributed by atoms with E-state index in [1.165, 1.54) is 19.3 Å². The highest BCUT2D eigenvalue weighted by molar-refractivity contribution is 5.99. The first-order chi connectivity index (χ1) is 8.29. The van der Waals surface area contributed by atoms with E-state index in [2.05, 4.69) is 13.5 Å². The predicted octanol–water partition coefficient (Wildman–Crippen LogP) is 4.87. The van der Waals surface area contributed by atoms with Gasteiger partial charge in [-0.3, -0.25) is 4.79 Å². The third-order valence-electron chi connectivity index (χ3n) is 2.99. The Balaban J connectivity index is 2.44. The second-order valence-electron chi connectivity index (χ2n) is 4.38. The van der Waals surface area contributed by atoms with Crippen molar-refractivity contribution < 1.29 is 4.79 Å². The van der Waals surface area contributed by atoms with Gasteiger partial charge in [-0.2, -0.15) is 0 Å². The molecule has 0 unspecified atom stereocenters. The summed E-state index contributed by atoms with van der Waals surface area (Å²) in [5.41, 5.74) is 1.77. The summed E-state index contributed by atoms with van der Waals surface area (Å²) in [5.74, 6) is 0.247. The summed E-state index contributed by atoms with van der Waals surface area (Å²) < 4.78 is 0. The molecule has 0 aliphatic rings. The molecule has 0 saturated carbocycles. The van der Waals surface area contributed by atoms with E-state index in [0.717, 1.165) is 24.0 Å². The summed E-state index contributed by atoms with van der Waals surface area (Å²) >= 11 is 0. The number of rotatable bonds is 8. The SMILES string of the molecule is C=Cc1ccccc1C(=O)CCCCCCC. The first kappa shape index (κ1) is 13.7. The van der Waals surface area contributed by atoms with Gasteiger partial charge in [0.05, 0.1) is 0 Å². The van der Waals surface area contributed by atoms with Gasteiger partial charge in [0.1, 0.15) is 0 Å². The largest absolute Gasteiger partial charge is 0.294 e. The van der Waals surface area contributed by atoms with E-state index in [0.29, 0.717) is 6.42 Å². The lowest BCUT2D eigenvalue weighted by atomic mass is 9.99. The molecule has 0 spiro atoms. The molecule has 1 rings (SSSR count). The van der Waals surface area contributed by atoms with Crippen LogP contribution in [0.2, 0.25) is 0 Å². The molecule has 0 N–H and O–H groups in total. The third kappa shape index (κ3) is 4.56. The number of ketones is 1.